The summed E-state index contributed by atoms with van der Waals surface area (Å²) < 4.78 is 20.9. The molecule has 9 rings (SSSR count). The molecule has 15 nitrogen and oxygen atoms in total. The Morgan fingerprint density at radius 2 is 1.74 bits per heavy atom. The summed E-state index contributed by atoms with van der Waals surface area (Å²) >= 11 is 0. The van der Waals surface area contributed by atoms with Crippen LogP contribution in [0.5, 0.6) is 23.0 Å². The zero-order valence-electron chi connectivity index (χ0n) is 34.3. The third-order valence-electron chi connectivity index (χ3n) is 12.3. The van der Waals surface area contributed by atoms with E-state index in [1.807, 2.05) is 45.9 Å². The monoisotopic (exact) mass is 826 g/mol. The Labute approximate surface area is 350 Å². The van der Waals surface area contributed by atoms with Crippen molar-refractivity contribution in [2.75, 3.05) is 13.1 Å². The summed E-state index contributed by atoms with van der Waals surface area (Å²) in [6.07, 6.45) is 1.49. The number of H-pyrrole nitrogens is 1. The summed E-state index contributed by atoms with van der Waals surface area (Å²) in [4.78, 5) is 46.7. The Balaban J connectivity index is 0.867. The Bertz CT molecular complexity index is 2890. The Kier molecular flexibility index (Phi) is 9.73. The van der Waals surface area contributed by atoms with Crippen molar-refractivity contribution in [1.29, 1.82) is 0 Å². The number of rotatable bonds is 8. The van der Waals surface area contributed by atoms with E-state index in [0.29, 0.717) is 102 Å². The van der Waals surface area contributed by atoms with Gasteiger partial charge in [0.1, 0.15) is 47.1 Å². The van der Waals surface area contributed by atoms with Crippen molar-refractivity contribution >= 4 is 17.0 Å². The third-order valence-corrected chi connectivity index (χ3v) is 12.3. The number of phenols is 2. The molecule has 1 saturated heterocycles. The van der Waals surface area contributed by atoms with Gasteiger partial charge in [0.05, 0.1) is 40.3 Å². The number of aryl methyl sites for hydroxylation is 1. The molecule has 6 heterocycles. The number of amides is 1. The predicted octanol–water partition coefficient (Wildman–Crippen LogP) is 6.75. The molecule has 3 aliphatic heterocycles. The van der Waals surface area contributed by atoms with E-state index in [0.717, 1.165) is 16.5 Å². The van der Waals surface area contributed by atoms with Gasteiger partial charge in [0.25, 0.3) is 5.56 Å². The highest BCUT2D eigenvalue weighted by Crippen LogP contribution is 2.43. The number of ether oxygens (including phenoxy) is 3. The number of likely N-dealkylation sites (tertiary alicyclic amines) is 1. The summed E-state index contributed by atoms with van der Waals surface area (Å²) in [7, 11) is 0. The number of fused-ring (bicyclic) bond motifs is 5. The number of carbonyl (C=O) groups excluding carboxylic acids is 1. The van der Waals surface area contributed by atoms with E-state index in [-0.39, 0.29) is 47.3 Å². The number of piperidine rings is 1. The normalized spacial score (nSPS) is 17.3. The van der Waals surface area contributed by atoms with Crippen LogP contribution in [-0.2, 0) is 29.9 Å². The first-order valence-corrected chi connectivity index (χ1v) is 20.5. The number of nitrogens with zero attached hydrogens (tertiary/aromatic N) is 5. The first-order chi connectivity index (χ1) is 29.3. The maximum atomic E-state index is 13.8. The van der Waals surface area contributed by atoms with E-state index in [1.54, 1.807) is 45.9 Å². The van der Waals surface area contributed by atoms with Gasteiger partial charge in [-0.25, -0.2) is 24.2 Å². The predicted molar refractivity (Wildman–Crippen MR) is 226 cm³/mol. The molecule has 1 amide bonds. The minimum atomic E-state index is -1.47. The van der Waals surface area contributed by atoms with E-state index < -0.39 is 17.4 Å². The summed E-state index contributed by atoms with van der Waals surface area (Å²) in [5.74, 6) is 1.14. The third kappa shape index (κ3) is 6.59. The average Bonchev–Trinajstić information content (AvgIpc) is 3.82. The number of benzene rings is 3. The number of carbonyl (C=O) groups is 1. The average molecular weight is 827 g/mol. The maximum absolute atomic E-state index is 13.8. The van der Waals surface area contributed by atoms with Crippen LogP contribution in [0.3, 0.4) is 0 Å². The molecule has 0 bridgehead atoms. The highest BCUT2D eigenvalue weighted by Gasteiger charge is 2.41. The van der Waals surface area contributed by atoms with Gasteiger partial charge < -0.3 is 39.0 Å². The van der Waals surface area contributed by atoms with Crippen LogP contribution < -0.4 is 20.7 Å². The van der Waals surface area contributed by atoms with Crippen molar-refractivity contribution in [2.24, 2.45) is 0 Å². The number of pyridine rings is 2. The molecule has 1 atom stereocenters. The smallest absolute Gasteiger partial charge is 0.415 e. The minimum Gasteiger partial charge on any atom is -0.508 e. The van der Waals surface area contributed by atoms with Crippen LogP contribution in [0, 0.1) is 0 Å². The van der Waals surface area contributed by atoms with Crippen LogP contribution in [0.2, 0.25) is 0 Å². The summed E-state index contributed by atoms with van der Waals surface area (Å²) in [5.41, 5.74) is 4.14. The fourth-order valence-corrected chi connectivity index (χ4v) is 8.86. The molecule has 1 unspecified atom stereocenters. The molecule has 6 aromatic rings. The van der Waals surface area contributed by atoms with Gasteiger partial charge in [0.2, 0.25) is 0 Å². The van der Waals surface area contributed by atoms with Crippen LogP contribution in [0.15, 0.2) is 82.6 Å². The second-order valence-corrected chi connectivity index (χ2v) is 16.1. The zero-order chi connectivity index (χ0) is 42.9. The van der Waals surface area contributed by atoms with Gasteiger partial charge in [-0.2, -0.15) is 5.10 Å². The Hall–Kier alpha value is -6.87. The number of hydrogen-bond acceptors (Lipinski definition) is 11. The SMILES string of the molecule is C=C1OCc2c(cc3n(c2=O)Cc2c-3nc3ccc(OC(=O)N4CCC(Oc5ccc(-n6c(-c7cc(C(C)C)c(O)cc7O)n[nH]c6=O)cc5)CC4)cc3c2CC)C1(O)CC. The van der Waals surface area contributed by atoms with Crippen LogP contribution in [0.4, 0.5) is 4.79 Å². The lowest BCUT2D eigenvalue weighted by Gasteiger charge is -2.35. The molecule has 3 aromatic carbocycles. The van der Waals surface area contributed by atoms with Gasteiger partial charge >= 0.3 is 11.8 Å². The van der Waals surface area contributed by atoms with Gasteiger partial charge in [0.15, 0.2) is 5.82 Å². The van der Waals surface area contributed by atoms with E-state index in [2.05, 4.69) is 16.8 Å². The maximum Gasteiger partial charge on any atom is 0.415 e. The molecule has 3 aliphatic rings. The molecule has 0 saturated carbocycles. The van der Waals surface area contributed by atoms with Crippen LogP contribution in [0.25, 0.3) is 39.4 Å². The molecule has 61 heavy (non-hydrogen) atoms. The van der Waals surface area contributed by atoms with Gasteiger partial charge in [-0.15, -0.1) is 0 Å². The fraction of sp³-hybridized carbons (Fsp3) is 0.326. The summed E-state index contributed by atoms with van der Waals surface area (Å²) in [6.45, 7) is 12.9. The van der Waals surface area contributed by atoms with E-state index in [9.17, 15) is 29.7 Å². The van der Waals surface area contributed by atoms with Crippen molar-refractivity contribution in [3.63, 3.8) is 0 Å². The fourth-order valence-electron chi connectivity index (χ4n) is 8.86. The number of aromatic amines is 1. The summed E-state index contributed by atoms with van der Waals surface area (Å²) in [5, 5.41) is 39.9. The van der Waals surface area contributed by atoms with Crippen LogP contribution >= 0.6 is 0 Å². The number of phenolic OH excluding ortho intramolecular Hbond substituents is 2. The molecule has 314 valence electrons. The first-order valence-electron chi connectivity index (χ1n) is 20.5. The molecule has 4 N–H and O–H groups in total. The number of aromatic nitrogens is 5. The van der Waals surface area contributed by atoms with Gasteiger partial charge in [0, 0.05) is 48.5 Å². The van der Waals surface area contributed by atoms with E-state index in [4.69, 9.17) is 19.2 Å². The highest BCUT2D eigenvalue weighted by molar-refractivity contribution is 5.89. The largest absolute Gasteiger partial charge is 0.508 e. The van der Waals surface area contributed by atoms with Crippen molar-refractivity contribution in [3.05, 3.63) is 122 Å². The summed E-state index contributed by atoms with van der Waals surface area (Å²) in [6, 6.07) is 17.1. The Morgan fingerprint density at radius 3 is 2.44 bits per heavy atom. The Morgan fingerprint density at radius 1 is 1.00 bits per heavy atom. The lowest BCUT2D eigenvalue weighted by atomic mass is 9.84. The van der Waals surface area contributed by atoms with Crippen molar-refractivity contribution in [2.45, 2.75) is 84.2 Å². The molecular formula is C46H46N6O9. The molecule has 15 heteroatoms. The number of aliphatic hydroxyl groups is 1. The van der Waals surface area contributed by atoms with Gasteiger partial charge in [-0.05, 0) is 84.5 Å². The zero-order valence-corrected chi connectivity index (χ0v) is 34.3. The number of aromatic hydroxyl groups is 2. The van der Waals surface area contributed by atoms with Crippen molar-refractivity contribution < 1.29 is 34.3 Å². The second kappa shape index (κ2) is 15.0. The lowest BCUT2D eigenvalue weighted by Crippen LogP contribution is -2.43. The van der Waals surface area contributed by atoms with Crippen molar-refractivity contribution in [3.8, 4) is 51.5 Å². The standard InChI is InChI=1S/C46H46N6O9/c1-6-30-32-18-29(12-13-37(32)47-41-34(30)22-51-38(41)20-36-35(43(51)55)23-59-25(5)46(36,58)7-2)61-45(57)50-16-14-28(15-17-50)60-27-10-8-26(9-11-27)52-42(48-49-44(52)56)33-19-31(24(3)4)39(53)21-40(33)54/h8-13,18-21,24,28,53-54,58H,5-7,14-17,22-23H2,1-4H3,(H,49,56). The lowest BCUT2D eigenvalue weighted by molar-refractivity contribution is -0.0172. The van der Waals surface area contributed by atoms with E-state index >= 15 is 0 Å². The van der Waals surface area contributed by atoms with Crippen molar-refractivity contribution in [1.82, 2.24) is 29.2 Å². The molecule has 0 spiro atoms. The quantitative estimate of drug-likeness (QED) is 0.127. The number of hydrogen-bond donors (Lipinski definition) is 4. The van der Waals surface area contributed by atoms with Gasteiger partial charge in [-0.1, -0.05) is 34.3 Å². The van der Waals surface area contributed by atoms with Gasteiger partial charge in [-0.3, -0.25) is 4.79 Å². The first kappa shape index (κ1) is 39.6. The molecule has 0 radical (unpaired) electrons. The van der Waals surface area contributed by atoms with Crippen LogP contribution in [-0.4, -0.2) is 69.8 Å². The topological polar surface area (TPSA) is 194 Å². The van der Waals surface area contributed by atoms with Crippen LogP contribution in [0.1, 0.15) is 80.7 Å². The van der Waals surface area contributed by atoms with E-state index in [1.165, 1.54) is 10.6 Å². The highest BCUT2D eigenvalue weighted by atomic mass is 16.6. The second-order valence-electron chi connectivity index (χ2n) is 16.1. The minimum absolute atomic E-state index is 0.0296. The molecule has 0 aliphatic carbocycles. The number of nitrogens with one attached hydrogen (secondary N) is 1. The molecule has 1 fully saturated rings. The molecule has 3 aromatic heterocycles. The molecular weight excluding hydrogens is 781 g/mol.